The van der Waals surface area contributed by atoms with Crippen LogP contribution in [0, 0.1) is 0 Å². The molecule has 0 atom stereocenters. The number of anilines is 3. The van der Waals surface area contributed by atoms with Crippen LogP contribution < -0.4 is 24.6 Å². The van der Waals surface area contributed by atoms with E-state index < -0.39 is 0 Å². The zero-order valence-corrected chi connectivity index (χ0v) is 18.3. The van der Waals surface area contributed by atoms with Crippen LogP contribution in [-0.4, -0.2) is 56.3 Å². The van der Waals surface area contributed by atoms with Gasteiger partial charge in [-0.15, -0.1) is 0 Å². The fourth-order valence-corrected chi connectivity index (χ4v) is 3.78. The molecule has 0 spiro atoms. The van der Waals surface area contributed by atoms with Gasteiger partial charge in [-0.3, -0.25) is 4.79 Å². The topological polar surface area (TPSA) is 79.8 Å². The van der Waals surface area contributed by atoms with Gasteiger partial charge in [0.25, 0.3) is 0 Å². The molecule has 1 amide bonds. The number of carbonyl (C=O) groups is 1. The van der Waals surface area contributed by atoms with Crippen molar-refractivity contribution < 1.29 is 14.3 Å². The maximum atomic E-state index is 12.6. The smallest absolute Gasteiger partial charge is 0.229 e. The van der Waals surface area contributed by atoms with Gasteiger partial charge >= 0.3 is 0 Å². The van der Waals surface area contributed by atoms with Crippen LogP contribution in [0.25, 0.3) is 0 Å². The fourth-order valence-electron chi connectivity index (χ4n) is 3.78. The summed E-state index contributed by atoms with van der Waals surface area (Å²) < 4.78 is 10.6. The lowest BCUT2D eigenvalue weighted by Crippen LogP contribution is -2.46. The third kappa shape index (κ3) is 5.08. The van der Waals surface area contributed by atoms with E-state index in [1.54, 1.807) is 26.4 Å². The number of benzene rings is 2. The molecular weight excluding hydrogens is 406 g/mol. The molecule has 0 aliphatic carbocycles. The number of nitrogens with zero attached hydrogens (tertiary/aromatic N) is 4. The molecule has 1 aromatic heterocycles. The Hall–Kier alpha value is -3.81. The molecule has 0 radical (unpaired) electrons. The summed E-state index contributed by atoms with van der Waals surface area (Å²) in [6.07, 6.45) is 1.69. The number of hydrogen-bond acceptors (Lipinski definition) is 7. The fraction of sp³-hybridized carbons (Fsp3) is 0.292. The van der Waals surface area contributed by atoms with E-state index in [0.29, 0.717) is 17.3 Å². The molecular formula is C24H27N5O3. The second-order valence-electron chi connectivity index (χ2n) is 7.49. The van der Waals surface area contributed by atoms with Gasteiger partial charge in [-0.05, 0) is 29.8 Å². The molecule has 8 heteroatoms. The number of ether oxygens (including phenoxy) is 2. The summed E-state index contributed by atoms with van der Waals surface area (Å²) in [6, 6.07) is 17.7. The zero-order valence-electron chi connectivity index (χ0n) is 18.3. The summed E-state index contributed by atoms with van der Waals surface area (Å²) in [7, 11) is 3.16. The molecule has 1 saturated heterocycles. The molecule has 2 heterocycles. The van der Waals surface area contributed by atoms with Gasteiger partial charge in [0.2, 0.25) is 5.91 Å². The Bertz CT molecular complexity index is 1050. The summed E-state index contributed by atoms with van der Waals surface area (Å²) in [5.74, 6) is 2.37. The van der Waals surface area contributed by atoms with E-state index in [9.17, 15) is 4.79 Å². The van der Waals surface area contributed by atoms with Crippen molar-refractivity contribution in [3.63, 3.8) is 0 Å². The average molecular weight is 434 g/mol. The van der Waals surface area contributed by atoms with Crippen LogP contribution in [0.4, 0.5) is 17.3 Å². The minimum absolute atomic E-state index is 0.157. The van der Waals surface area contributed by atoms with Gasteiger partial charge < -0.3 is 24.6 Å². The molecule has 8 nitrogen and oxygen atoms in total. The van der Waals surface area contributed by atoms with Gasteiger partial charge in [0, 0.05) is 37.9 Å². The highest BCUT2D eigenvalue weighted by Gasteiger charge is 2.19. The molecule has 0 bridgehead atoms. The number of methoxy groups -OCH3 is 2. The minimum atomic E-state index is -0.157. The highest BCUT2D eigenvalue weighted by atomic mass is 16.5. The molecule has 4 rings (SSSR count). The Balaban J connectivity index is 1.36. The van der Waals surface area contributed by atoms with Gasteiger partial charge in [0.05, 0.1) is 20.6 Å². The third-order valence-electron chi connectivity index (χ3n) is 5.46. The van der Waals surface area contributed by atoms with Gasteiger partial charge in [-0.1, -0.05) is 24.3 Å². The second kappa shape index (κ2) is 10.00. The molecule has 3 aromatic rings. The highest BCUT2D eigenvalue weighted by molar-refractivity contribution is 5.91. The number of amides is 1. The van der Waals surface area contributed by atoms with Gasteiger partial charge in [-0.25, -0.2) is 9.97 Å². The Morgan fingerprint density at radius 1 is 0.906 bits per heavy atom. The molecule has 1 N–H and O–H groups in total. The van der Waals surface area contributed by atoms with E-state index in [1.165, 1.54) is 12.0 Å². The standard InChI is InChI=1S/C24H27N5O3/c1-31-20-9-8-18(14-21(20)32-2)15-24(30)27-22-16-23(26-17-25-22)29-12-10-28(11-13-29)19-6-4-3-5-7-19/h3-9,14,16-17H,10-13,15H2,1-2H3,(H,25,26,27,30). The van der Waals surface area contributed by atoms with Crippen molar-refractivity contribution in [1.29, 1.82) is 0 Å². The van der Waals surface area contributed by atoms with Gasteiger partial charge in [0.15, 0.2) is 11.5 Å². The molecule has 0 unspecified atom stereocenters. The number of aromatic nitrogens is 2. The molecule has 1 aliphatic heterocycles. The van der Waals surface area contributed by atoms with E-state index in [2.05, 4.69) is 49.4 Å². The van der Waals surface area contributed by atoms with Crippen LogP contribution in [0.3, 0.4) is 0 Å². The van der Waals surface area contributed by atoms with Crippen LogP contribution in [0.5, 0.6) is 11.5 Å². The predicted octanol–water partition coefficient (Wildman–Crippen LogP) is 3.00. The van der Waals surface area contributed by atoms with Crippen LogP contribution in [0.1, 0.15) is 5.56 Å². The van der Waals surface area contributed by atoms with E-state index in [4.69, 9.17) is 9.47 Å². The predicted molar refractivity (Wildman–Crippen MR) is 125 cm³/mol. The minimum Gasteiger partial charge on any atom is -0.493 e. The summed E-state index contributed by atoms with van der Waals surface area (Å²) in [5.41, 5.74) is 2.06. The lowest BCUT2D eigenvalue weighted by atomic mass is 10.1. The number of rotatable bonds is 7. The zero-order chi connectivity index (χ0) is 22.3. The Morgan fingerprint density at radius 2 is 1.62 bits per heavy atom. The average Bonchev–Trinajstić information content (AvgIpc) is 2.84. The molecule has 32 heavy (non-hydrogen) atoms. The Kier molecular flexibility index (Phi) is 6.69. The maximum Gasteiger partial charge on any atom is 0.229 e. The van der Waals surface area contributed by atoms with E-state index in [1.807, 2.05) is 18.2 Å². The Morgan fingerprint density at radius 3 is 2.34 bits per heavy atom. The second-order valence-corrected chi connectivity index (χ2v) is 7.49. The van der Waals surface area contributed by atoms with E-state index >= 15 is 0 Å². The molecule has 166 valence electrons. The summed E-state index contributed by atoms with van der Waals surface area (Å²) >= 11 is 0. The van der Waals surface area contributed by atoms with Crippen molar-refractivity contribution in [2.75, 3.05) is 55.5 Å². The number of hydrogen-bond donors (Lipinski definition) is 1. The summed E-state index contributed by atoms with van der Waals surface area (Å²) in [6.45, 7) is 3.53. The number of carbonyl (C=O) groups excluding carboxylic acids is 1. The lowest BCUT2D eigenvalue weighted by Gasteiger charge is -2.36. The monoisotopic (exact) mass is 433 g/mol. The molecule has 2 aromatic carbocycles. The normalized spacial score (nSPS) is 13.6. The summed E-state index contributed by atoms with van der Waals surface area (Å²) in [4.78, 5) is 25.8. The number of para-hydroxylation sites is 1. The molecule has 1 aliphatic rings. The van der Waals surface area contributed by atoms with Crippen molar-refractivity contribution in [3.8, 4) is 11.5 Å². The van der Waals surface area contributed by atoms with Crippen molar-refractivity contribution in [3.05, 3.63) is 66.5 Å². The van der Waals surface area contributed by atoms with Gasteiger partial charge in [0.1, 0.15) is 18.0 Å². The first-order valence-electron chi connectivity index (χ1n) is 10.5. The van der Waals surface area contributed by atoms with E-state index in [-0.39, 0.29) is 12.3 Å². The van der Waals surface area contributed by atoms with Crippen molar-refractivity contribution >= 4 is 23.2 Å². The van der Waals surface area contributed by atoms with Crippen LogP contribution in [0.2, 0.25) is 0 Å². The largest absolute Gasteiger partial charge is 0.493 e. The first-order chi connectivity index (χ1) is 15.7. The van der Waals surface area contributed by atoms with E-state index in [0.717, 1.165) is 37.6 Å². The first-order valence-corrected chi connectivity index (χ1v) is 10.5. The van der Waals surface area contributed by atoms with Crippen molar-refractivity contribution in [2.24, 2.45) is 0 Å². The van der Waals surface area contributed by atoms with Crippen LogP contribution >= 0.6 is 0 Å². The van der Waals surface area contributed by atoms with Crippen LogP contribution in [0.15, 0.2) is 60.9 Å². The lowest BCUT2D eigenvalue weighted by molar-refractivity contribution is -0.115. The number of nitrogens with one attached hydrogen (secondary N) is 1. The van der Waals surface area contributed by atoms with Gasteiger partial charge in [-0.2, -0.15) is 0 Å². The molecule has 0 saturated carbocycles. The van der Waals surface area contributed by atoms with Crippen LogP contribution in [-0.2, 0) is 11.2 Å². The summed E-state index contributed by atoms with van der Waals surface area (Å²) in [5, 5.41) is 2.87. The highest BCUT2D eigenvalue weighted by Crippen LogP contribution is 2.28. The first kappa shape index (κ1) is 21.4. The molecule has 1 fully saturated rings. The SMILES string of the molecule is COc1ccc(CC(=O)Nc2cc(N3CCN(c4ccccc4)CC3)ncn2)cc1OC. The number of piperazine rings is 1. The maximum absolute atomic E-state index is 12.6. The van der Waals surface area contributed by atoms with Crippen molar-refractivity contribution in [2.45, 2.75) is 6.42 Å². The third-order valence-corrected chi connectivity index (χ3v) is 5.46. The van der Waals surface area contributed by atoms with Crippen molar-refractivity contribution in [1.82, 2.24) is 9.97 Å². The Labute approximate surface area is 187 Å². The quantitative estimate of drug-likeness (QED) is 0.614.